The smallest absolute Gasteiger partial charge is 0.234 e. The highest BCUT2D eigenvalue weighted by Gasteiger charge is 2.08. The molecule has 6 heteroatoms. The molecule has 0 spiro atoms. The molecule has 0 aliphatic carbocycles. The van der Waals surface area contributed by atoms with E-state index in [-0.39, 0.29) is 0 Å². The molecule has 15 heavy (non-hydrogen) atoms. The van der Waals surface area contributed by atoms with Crippen LogP contribution in [0.5, 0.6) is 0 Å². The number of nitrogens with two attached hydrogens (primary N) is 2. The molecular weight excluding hydrogens is 278 g/mol. The molecule has 1 amide bonds. The highest BCUT2D eigenvalue weighted by atomic mass is 79.9. The van der Waals surface area contributed by atoms with Crippen molar-refractivity contribution in [3.05, 3.63) is 22.8 Å². The first kappa shape index (κ1) is 12.5. The lowest BCUT2D eigenvalue weighted by atomic mass is 10.2. The van der Waals surface area contributed by atoms with Gasteiger partial charge >= 0.3 is 0 Å². The fourth-order valence-corrected chi connectivity index (χ4v) is 1.99. The first-order chi connectivity index (χ1) is 7.09. The Morgan fingerprint density at radius 1 is 1.60 bits per heavy atom. The number of carbonyl (C=O) groups excluding carboxylic acids is 1. The van der Waals surface area contributed by atoms with Crippen molar-refractivity contribution < 1.29 is 4.79 Å². The average Bonchev–Trinajstić information content (AvgIpc) is 2.20. The summed E-state index contributed by atoms with van der Waals surface area (Å²) >= 11 is 4.86. The van der Waals surface area contributed by atoms with Gasteiger partial charge < -0.3 is 11.5 Å². The lowest BCUT2D eigenvalue weighted by Gasteiger charge is -2.05. The van der Waals surface area contributed by atoms with E-state index in [9.17, 15) is 4.79 Å². The van der Waals surface area contributed by atoms with Crippen LogP contribution < -0.4 is 11.5 Å². The third-order valence-electron chi connectivity index (χ3n) is 1.74. The van der Waals surface area contributed by atoms with E-state index in [0.29, 0.717) is 6.42 Å². The van der Waals surface area contributed by atoms with Crippen molar-refractivity contribution in [2.75, 3.05) is 5.75 Å². The summed E-state index contributed by atoms with van der Waals surface area (Å²) in [5.41, 5.74) is 10.5. The van der Waals surface area contributed by atoms with E-state index in [4.69, 9.17) is 11.5 Å². The first-order valence-electron chi connectivity index (χ1n) is 4.39. The van der Waals surface area contributed by atoms with Gasteiger partial charge in [0, 0.05) is 16.4 Å². The van der Waals surface area contributed by atoms with Crippen LogP contribution >= 0.6 is 27.7 Å². The summed E-state index contributed by atoms with van der Waals surface area (Å²) in [5, 5.41) is 0.912. The fourth-order valence-electron chi connectivity index (χ4n) is 0.880. The summed E-state index contributed by atoms with van der Waals surface area (Å²) in [4.78, 5) is 14.8. The molecule has 82 valence electrons. The number of hydrogen-bond acceptors (Lipinski definition) is 4. The van der Waals surface area contributed by atoms with Crippen LogP contribution in [0.3, 0.4) is 0 Å². The summed E-state index contributed by atoms with van der Waals surface area (Å²) in [6.07, 6.45) is 2.30. The zero-order valence-corrected chi connectivity index (χ0v) is 10.4. The summed E-state index contributed by atoms with van der Waals surface area (Å²) in [6, 6.07) is 3.27. The van der Waals surface area contributed by atoms with Crippen molar-refractivity contribution >= 4 is 33.6 Å². The van der Waals surface area contributed by atoms with E-state index < -0.39 is 11.9 Å². The Balaban J connectivity index is 2.32. The molecule has 4 N–H and O–H groups in total. The van der Waals surface area contributed by atoms with Crippen LogP contribution in [0.2, 0.25) is 0 Å². The molecule has 0 saturated carbocycles. The molecule has 0 bridgehead atoms. The standard InChI is InChI=1S/C9H12BrN3OS/c10-6-1-2-8(13-5-6)15-4-3-7(11)9(12)14/h1-2,5,7H,3-4,11H2,(H2,12,14). The van der Waals surface area contributed by atoms with Crippen molar-refractivity contribution in [3.63, 3.8) is 0 Å². The van der Waals surface area contributed by atoms with Crippen LogP contribution in [0.1, 0.15) is 6.42 Å². The number of aromatic nitrogens is 1. The molecule has 0 aliphatic heterocycles. The summed E-state index contributed by atoms with van der Waals surface area (Å²) in [5.74, 6) is 0.276. The molecular formula is C9H12BrN3OS. The predicted molar refractivity (Wildman–Crippen MR) is 64.4 cm³/mol. The Morgan fingerprint density at radius 2 is 2.33 bits per heavy atom. The van der Waals surface area contributed by atoms with Gasteiger partial charge in [-0.25, -0.2) is 4.98 Å². The van der Waals surface area contributed by atoms with Crippen LogP contribution in [0, 0.1) is 0 Å². The van der Waals surface area contributed by atoms with Crippen LogP contribution in [0.15, 0.2) is 27.8 Å². The van der Waals surface area contributed by atoms with Gasteiger partial charge in [0.2, 0.25) is 5.91 Å². The van der Waals surface area contributed by atoms with Gasteiger partial charge in [0.05, 0.1) is 11.1 Å². The maximum atomic E-state index is 10.7. The maximum Gasteiger partial charge on any atom is 0.234 e. The normalized spacial score (nSPS) is 12.4. The summed E-state index contributed by atoms with van der Waals surface area (Å²) in [7, 11) is 0. The Bertz CT molecular complexity index is 331. The van der Waals surface area contributed by atoms with Gasteiger partial charge in [-0.2, -0.15) is 0 Å². The second-order valence-corrected chi connectivity index (χ2v) is 4.99. The number of primary amides is 1. The molecule has 0 aromatic carbocycles. The Morgan fingerprint density at radius 3 is 2.87 bits per heavy atom. The molecule has 0 aliphatic rings. The molecule has 1 heterocycles. The van der Waals surface area contributed by atoms with Gasteiger partial charge in [-0.1, -0.05) is 0 Å². The van der Waals surface area contributed by atoms with Gasteiger partial charge in [-0.15, -0.1) is 11.8 Å². The monoisotopic (exact) mass is 289 g/mol. The van der Waals surface area contributed by atoms with Crippen LogP contribution in [0.25, 0.3) is 0 Å². The number of halogens is 1. The third kappa shape index (κ3) is 4.63. The molecule has 1 atom stereocenters. The highest BCUT2D eigenvalue weighted by Crippen LogP contribution is 2.18. The summed E-state index contributed by atoms with van der Waals surface area (Å²) < 4.78 is 0.945. The van der Waals surface area contributed by atoms with E-state index in [1.807, 2.05) is 12.1 Å². The SMILES string of the molecule is NC(=O)C(N)CCSc1ccc(Br)cn1. The van der Waals surface area contributed by atoms with Crippen molar-refractivity contribution in [2.45, 2.75) is 17.5 Å². The molecule has 0 radical (unpaired) electrons. The van der Waals surface area contributed by atoms with Crippen LogP contribution in [0.4, 0.5) is 0 Å². The summed E-state index contributed by atoms with van der Waals surface area (Å²) in [6.45, 7) is 0. The van der Waals surface area contributed by atoms with Crippen molar-refractivity contribution in [1.82, 2.24) is 4.98 Å². The van der Waals surface area contributed by atoms with Gasteiger partial charge in [0.25, 0.3) is 0 Å². The van der Waals surface area contributed by atoms with Crippen molar-refractivity contribution in [3.8, 4) is 0 Å². The number of pyridine rings is 1. The average molecular weight is 290 g/mol. The maximum absolute atomic E-state index is 10.7. The minimum Gasteiger partial charge on any atom is -0.368 e. The Hall–Kier alpha value is -0.590. The predicted octanol–water partition coefficient (Wildman–Crippen LogP) is 1.14. The number of hydrogen-bond donors (Lipinski definition) is 2. The molecule has 1 aromatic heterocycles. The molecule has 0 saturated heterocycles. The lowest BCUT2D eigenvalue weighted by Crippen LogP contribution is -2.36. The molecule has 0 fully saturated rings. The number of thioether (sulfide) groups is 1. The van der Waals surface area contributed by atoms with Crippen LogP contribution in [-0.4, -0.2) is 22.7 Å². The highest BCUT2D eigenvalue weighted by molar-refractivity contribution is 9.10. The van der Waals surface area contributed by atoms with E-state index in [2.05, 4.69) is 20.9 Å². The number of nitrogens with zero attached hydrogens (tertiary/aromatic N) is 1. The second kappa shape index (κ2) is 6.09. The van der Waals surface area contributed by atoms with E-state index >= 15 is 0 Å². The number of rotatable bonds is 5. The Labute approximate surface area is 101 Å². The van der Waals surface area contributed by atoms with E-state index in [1.165, 1.54) is 0 Å². The third-order valence-corrected chi connectivity index (χ3v) is 3.19. The van der Waals surface area contributed by atoms with E-state index in [1.54, 1.807) is 18.0 Å². The number of amides is 1. The Kier molecular flexibility index (Phi) is 5.07. The molecule has 1 aromatic rings. The molecule has 1 rings (SSSR count). The van der Waals surface area contributed by atoms with Crippen molar-refractivity contribution in [1.29, 1.82) is 0 Å². The van der Waals surface area contributed by atoms with Gasteiger partial charge in [0.1, 0.15) is 0 Å². The largest absolute Gasteiger partial charge is 0.368 e. The van der Waals surface area contributed by atoms with Crippen molar-refractivity contribution in [2.24, 2.45) is 11.5 Å². The van der Waals surface area contributed by atoms with E-state index in [0.717, 1.165) is 15.3 Å². The lowest BCUT2D eigenvalue weighted by molar-refractivity contribution is -0.119. The quantitative estimate of drug-likeness (QED) is 0.797. The van der Waals surface area contributed by atoms with Gasteiger partial charge in [-0.3, -0.25) is 4.79 Å². The first-order valence-corrected chi connectivity index (χ1v) is 6.16. The minimum atomic E-state index is -0.562. The second-order valence-electron chi connectivity index (χ2n) is 2.96. The molecule has 1 unspecified atom stereocenters. The van der Waals surface area contributed by atoms with Gasteiger partial charge in [-0.05, 0) is 34.5 Å². The van der Waals surface area contributed by atoms with Crippen LogP contribution in [-0.2, 0) is 4.79 Å². The molecule has 4 nitrogen and oxygen atoms in total. The zero-order chi connectivity index (χ0) is 11.3. The van der Waals surface area contributed by atoms with Gasteiger partial charge in [0.15, 0.2) is 0 Å². The fraction of sp³-hybridized carbons (Fsp3) is 0.333. The minimum absolute atomic E-state index is 0.459. The zero-order valence-electron chi connectivity index (χ0n) is 8.02. The topological polar surface area (TPSA) is 82.0 Å². The number of carbonyl (C=O) groups is 1.